The van der Waals surface area contributed by atoms with Crippen LogP contribution >= 0.6 is 0 Å². The van der Waals surface area contributed by atoms with Crippen LogP contribution in [0.4, 0.5) is 0 Å². The monoisotopic (exact) mass is 403 g/mol. The van der Waals surface area contributed by atoms with E-state index in [2.05, 4.69) is 32.8 Å². The van der Waals surface area contributed by atoms with E-state index in [1.54, 1.807) is 0 Å². The number of aliphatic hydroxyl groups is 2. The zero-order valence-corrected chi connectivity index (χ0v) is 19.4. The summed E-state index contributed by atoms with van der Waals surface area (Å²) in [6.07, 6.45) is 13.9. The summed E-state index contributed by atoms with van der Waals surface area (Å²) in [6.45, 7) is 6.06. The lowest BCUT2D eigenvalue weighted by Gasteiger charge is -2.57. The SMILES string of the molecule is CC1C(O)CCC23CC24CCC2(C)C(CCCCN(C)C)C(O)CC2C4CCC13. The van der Waals surface area contributed by atoms with Gasteiger partial charge >= 0.3 is 0 Å². The maximum absolute atomic E-state index is 11.1. The zero-order valence-electron chi connectivity index (χ0n) is 19.4. The van der Waals surface area contributed by atoms with Crippen LogP contribution in [-0.4, -0.2) is 48.0 Å². The van der Waals surface area contributed by atoms with Gasteiger partial charge in [0, 0.05) is 0 Å². The Labute approximate surface area is 178 Å². The van der Waals surface area contributed by atoms with Crippen molar-refractivity contribution in [1.82, 2.24) is 4.90 Å². The Kier molecular flexibility index (Phi) is 4.97. The van der Waals surface area contributed by atoms with Crippen LogP contribution in [0.1, 0.15) is 84.5 Å². The second kappa shape index (κ2) is 6.94. The van der Waals surface area contributed by atoms with Crippen LogP contribution in [0.25, 0.3) is 0 Å². The van der Waals surface area contributed by atoms with Crippen LogP contribution < -0.4 is 0 Å². The van der Waals surface area contributed by atoms with Crippen molar-refractivity contribution in [2.45, 2.75) is 96.7 Å². The van der Waals surface area contributed by atoms with Crippen LogP contribution in [-0.2, 0) is 0 Å². The van der Waals surface area contributed by atoms with E-state index in [9.17, 15) is 10.2 Å². The summed E-state index contributed by atoms with van der Waals surface area (Å²) in [6, 6.07) is 0. The molecule has 0 aliphatic heterocycles. The molecule has 29 heavy (non-hydrogen) atoms. The molecular weight excluding hydrogens is 358 g/mol. The molecule has 10 atom stereocenters. The van der Waals surface area contributed by atoms with Crippen LogP contribution in [0, 0.1) is 45.8 Å². The van der Waals surface area contributed by atoms with E-state index in [-0.39, 0.29) is 12.2 Å². The van der Waals surface area contributed by atoms with E-state index in [1.807, 2.05) is 0 Å². The first kappa shape index (κ1) is 20.8. The Balaban J connectivity index is 1.33. The van der Waals surface area contributed by atoms with Crippen molar-refractivity contribution in [2.24, 2.45) is 45.8 Å². The number of hydrogen-bond acceptors (Lipinski definition) is 3. The first-order valence-electron chi connectivity index (χ1n) is 12.8. The van der Waals surface area contributed by atoms with E-state index in [4.69, 9.17) is 0 Å². The molecule has 3 heteroatoms. The number of rotatable bonds is 5. The molecule has 5 saturated carbocycles. The quantitative estimate of drug-likeness (QED) is 0.654. The third-order valence-electron chi connectivity index (χ3n) is 11.5. The predicted octanol–water partition coefficient (Wildman–Crippen LogP) is 4.71. The first-order valence-corrected chi connectivity index (χ1v) is 12.8. The number of hydrogen-bond donors (Lipinski definition) is 2. The minimum atomic E-state index is -0.0703. The number of fused-ring (bicyclic) bond motifs is 2. The standard InChI is InChI=1S/C26H45NO2/c1-17-18-8-9-19-21-15-23(29)20(7-5-6-14-27(3)4)24(21,2)12-13-26(19)16-25(18,26)11-10-22(17)28/h17-23,28-29H,5-16H2,1-4H3. The molecule has 0 radical (unpaired) electrons. The summed E-state index contributed by atoms with van der Waals surface area (Å²) >= 11 is 0. The molecule has 2 N–H and O–H groups in total. The Bertz CT molecular complexity index is 636. The molecule has 5 rings (SSSR count). The minimum Gasteiger partial charge on any atom is -0.393 e. The molecule has 0 saturated heterocycles. The fourth-order valence-electron chi connectivity index (χ4n) is 9.98. The molecule has 5 aliphatic carbocycles. The summed E-state index contributed by atoms with van der Waals surface area (Å²) in [5.41, 5.74) is 1.50. The predicted molar refractivity (Wildman–Crippen MR) is 117 cm³/mol. The van der Waals surface area contributed by atoms with E-state index < -0.39 is 0 Å². The topological polar surface area (TPSA) is 43.7 Å². The van der Waals surface area contributed by atoms with Gasteiger partial charge in [0.2, 0.25) is 0 Å². The first-order chi connectivity index (χ1) is 13.8. The molecule has 5 fully saturated rings. The van der Waals surface area contributed by atoms with Crippen molar-refractivity contribution in [3.63, 3.8) is 0 Å². The van der Waals surface area contributed by atoms with Crippen molar-refractivity contribution in [3.8, 4) is 0 Å². The van der Waals surface area contributed by atoms with E-state index >= 15 is 0 Å². The fourth-order valence-corrected chi connectivity index (χ4v) is 9.98. The van der Waals surface area contributed by atoms with Crippen molar-refractivity contribution < 1.29 is 10.2 Å². The lowest BCUT2D eigenvalue weighted by molar-refractivity contribution is -0.0986. The molecule has 0 bridgehead atoms. The average Bonchev–Trinajstić information content (AvgIpc) is 3.27. The average molecular weight is 404 g/mol. The van der Waals surface area contributed by atoms with Crippen molar-refractivity contribution in [1.29, 1.82) is 0 Å². The van der Waals surface area contributed by atoms with Gasteiger partial charge in [-0.1, -0.05) is 20.3 Å². The van der Waals surface area contributed by atoms with Gasteiger partial charge in [-0.2, -0.15) is 0 Å². The highest BCUT2D eigenvalue weighted by molar-refractivity contribution is 5.27. The van der Waals surface area contributed by atoms with Crippen molar-refractivity contribution >= 4 is 0 Å². The molecule has 0 aromatic heterocycles. The summed E-state index contributed by atoms with van der Waals surface area (Å²) < 4.78 is 0. The van der Waals surface area contributed by atoms with Gasteiger partial charge in [-0.3, -0.25) is 0 Å². The van der Waals surface area contributed by atoms with Gasteiger partial charge in [0.05, 0.1) is 12.2 Å². The molecule has 10 unspecified atom stereocenters. The highest BCUT2D eigenvalue weighted by Gasteiger charge is 2.79. The second-order valence-corrected chi connectivity index (χ2v) is 12.6. The van der Waals surface area contributed by atoms with E-state index in [0.717, 1.165) is 30.6 Å². The van der Waals surface area contributed by atoms with Gasteiger partial charge in [-0.25, -0.2) is 0 Å². The summed E-state index contributed by atoms with van der Waals surface area (Å²) in [5.74, 6) is 3.37. The van der Waals surface area contributed by atoms with Gasteiger partial charge in [-0.05, 0) is 131 Å². The highest BCUT2D eigenvalue weighted by atomic mass is 16.3. The fraction of sp³-hybridized carbons (Fsp3) is 1.00. The number of aliphatic hydroxyl groups excluding tert-OH is 2. The summed E-state index contributed by atoms with van der Waals surface area (Å²) in [7, 11) is 4.32. The Hall–Kier alpha value is -0.120. The van der Waals surface area contributed by atoms with Gasteiger partial charge in [-0.15, -0.1) is 0 Å². The van der Waals surface area contributed by atoms with Crippen molar-refractivity contribution in [3.05, 3.63) is 0 Å². The van der Waals surface area contributed by atoms with Gasteiger partial charge < -0.3 is 15.1 Å². The van der Waals surface area contributed by atoms with Crippen molar-refractivity contribution in [2.75, 3.05) is 20.6 Å². The Morgan fingerprint density at radius 3 is 2.34 bits per heavy atom. The summed E-state index contributed by atoms with van der Waals surface area (Å²) in [5, 5.41) is 21.7. The largest absolute Gasteiger partial charge is 0.393 e. The normalized spacial score (nSPS) is 55.8. The molecule has 166 valence electrons. The van der Waals surface area contributed by atoms with E-state index in [1.165, 1.54) is 64.3 Å². The van der Waals surface area contributed by atoms with Crippen LogP contribution in [0.5, 0.6) is 0 Å². The lowest BCUT2D eigenvalue weighted by atomic mass is 9.48. The molecule has 0 aromatic rings. The lowest BCUT2D eigenvalue weighted by Crippen LogP contribution is -2.51. The third-order valence-corrected chi connectivity index (χ3v) is 11.5. The molecule has 0 heterocycles. The van der Waals surface area contributed by atoms with Gasteiger partial charge in [0.25, 0.3) is 0 Å². The van der Waals surface area contributed by atoms with Crippen LogP contribution in [0.3, 0.4) is 0 Å². The molecular formula is C26H45NO2. The second-order valence-electron chi connectivity index (χ2n) is 12.6. The molecule has 0 aromatic carbocycles. The number of nitrogens with zero attached hydrogens (tertiary/aromatic N) is 1. The van der Waals surface area contributed by atoms with Crippen LogP contribution in [0.15, 0.2) is 0 Å². The Morgan fingerprint density at radius 1 is 0.862 bits per heavy atom. The summed E-state index contributed by atoms with van der Waals surface area (Å²) in [4.78, 5) is 2.28. The molecule has 2 spiro atoms. The minimum absolute atomic E-state index is 0.0615. The third kappa shape index (κ3) is 2.79. The zero-order chi connectivity index (χ0) is 20.6. The molecule has 3 nitrogen and oxygen atoms in total. The number of unbranched alkanes of at least 4 members (excludes halogenated alkanes) is 1. The smallest absolute Gasteiger partial charge is 0.0576 e. The maximum Gasteiger partial charge on any atom is 0.0576 e. The van der Waals surface area contributed by atoms with Gasteiger partial charge in [0.1, 0.15) is 0 Å². The maximum atomic E-state index is 11.1. The molecule has 0 amide bonds. The van der Waals surface area contributed by atoms with Crippen LogP contribution in [0.2, 0.25) is 0 Å². The molecule has 5 aliphatic rings. The van der Waals surface area contributed by atoms with E-state index in [0.29, 0.717) is 28.1 Å². The highest BCUT2D eigenvalue weighted by Crippen LogP contribution is 2.85. The van der Waals surface area contributed by atoms with Gasteiger partial charge in [0.15, 0.2) is 0 Å². The Morgan fingerprint density at radius 2 is 1.59 bits per heavy atom.